The van der Waals surface area contributed by atoms with Crippen LogP contribution in [0, 0.1) is 0 Å². The lowest BCUT2D eigenvalue weighted by molar-refractivity contribution is -0.143. The molecule has 0 radical (unpaired) electrons. The molecule has 0 heterocycles. The highest BCUT2D eigenvalue weighted by atomic mass is 16.5. The molecule has 380 valence electrons. The first-order valence-corrected chi connectivity index (χ1v) is 28.9. The zero-order valence-corrected chi connectivity index (χ0v) is 43.3. The molecule has 64 heavy (non-hydrogen) atoms. The molecule has 0 saturated carbocycles. The average molecular weight is 905 g/mol. The van der Waals surface area contributed by atoms with E-state index >= 15 is 0 Å². The van der Waals surface area contributed by atoms with Gasteiger partial charge >= 0.3 is 5.97 Å². The van der Waals surface area contributed by atoms with E-state index in [2.05, 4.69) is 31.3 Å². The maximum atomic E-state index is 12.5. The van der Waals surface area contributed by atoms with Gasteiger partial charge in [-0.2, -0.15) is 0 Å². The maximum absolute atomic E-state index is 12.5. The van der Waals surface area contributed by atoms with Crippen molar-refractivity contribution in [2.75, 3.05) is 13.2 Å². The third kappa shape index (κ3) is 50.0. The molecule has 6 heteroatoms. The number of amides is 1. The molecular weight excluding hydrogens is 791 g/mol. The van der Waals surface area contributed by atoms with Crippen molar-refractivity contribution < 1.29 is 24.5 Å². The lowest BCUT2D eigenvalue weighted by Gasteiger charge is -2.22. The minimum Gasteiger partial charge on any atom is -0.466 e. The van der Waals surface area contributed by atoms with Crippen molar-refractivity contribution in [2.45, 2.75) is 334 Å². The summed E-state index contributed by atoms with van der Waals surface area (Å²) >= 11 is 0. The van der Waals surface area contributed by atoms with Crippen molar-refractivity contribution in [3.05, 3.63) is 12.2 Å². The van der Waals surface area contributed by atoms with Crippen LogP contribution in [0.15, 0.2) is 12.2 Å². The van der Waals surface area contributed by atoms with E-state index in [1.807, 2.05) is 0 Å². The highest BCUT2D eigenvalue weighted by Crippen LogP contribution is 2.18. The molecule has 0 aliphatic heterocycles. The van der Waals surface area contributed by atoms with Gasteiger partial charge in [0, 0.05) is 12.8 Å². The summed E-state index contributed by atoms with van der Waals surface area (Å²) in [4.78, 5) is 24.5. The van der Waals surface area contributed by atoms with E-state index in [-0.39, 0.29) is 18.5 Å². The monoisotopic (exact) mass is 904 g/mol. The highest BCUT2D eigenvalue weighted by molar-refractivity contribution is 5.76. The van der Waals surface area contributed by atoms with Crippen molar-refractivity contribution in [3.8, 4) is 0 Å². The van der Waals surface area contributed by atoms with Crippen LogP contribution in [0.1, 0.15) is 322 Å². The number of aliphatic hydroxyl groups excluding tert-OH is 2. The van der Waals surface area contributed by atoms with Crippen LogP contribution in [0.2, 0.25) is 0 Å². The van der Waals surface area contributed by atoms with Crippen molar-refractivity contribution in [1.29, 1.82) is 0 Å². The van der Waals surface area contributed by atoms with Gasteiger partial charge in [-0.1, -0.05) is 276 Å². The second-order valence-corrected chi connectivity index (χ2v) is 20.0. The Balaban J connectivity index is 3.50. The smallest absolute Gasteiger partial charge is 0.305 e. The first-order chi connectivity index (χ1) is 31.5. The molecule has 2 unspecified atom stereocenters. The summed E-state index contributed by atoms with van der Waals surface area (Å²) in [7, 11) is 0. The van der Waals surface area contributed by atoms with Gasteiger partial charge in [0.15, 0.2) is 0 Å². The van der Waals surface area contributed by atoms with Gasteiger partial charge in [-0.15, -0.1) is 0 Å². The number of rotatable bonds is 54. The minimum atomic E-state index is -0.695. The van der Waals surface area contributed by atoms with Crippen LogP contribution in [0.3, 0.4) is 0 Å². The zero-order chi connectivity index (χ0) is 46.5. The fourth-order valence-corrected chi connectivity index (χ4v) is 9.12. The predicted octanol–water partition coefficient (Wildman–Crippen LogP) is 17.7. The van der Waals surface area contributed by atoms with Gasteiger partial charge in [0.2, 0.25) is 5.91 Å². The van der Waals surface area contributed by atoms with E-state index in [0.717, 1.165) is 70.6 Å². The lowest BCUT2D eigenvalue weighted by atomic mass is 10.0. The molecule has 0 aliphatic carbocycles. The normalized spacial score (nSPS) is 12.6. The Labute approximate surface area is 399 Å². The summed E-state index contributed by atoms with van der Waals surface area (Å²) in [6, 6.07) is -0.579. The second-order valence-electron chi connectivity index (χ2n) is 20.0. The number of aliphatic hydroxyl groups is 2. The van der Waals surface area contributed by atoms with Gasteiger partial charge in [0.1, 0.15) is 0 Å². The van der Waals surface area contributed by atoms with Crippen molar-refractivity contribution in [2.24, 2.45) is 0 Å². The molecule has 1 amide bonds. The third-order valence-electron chi connectivity index (χ3n) is 13.6. The van der Waals surface area contributed by atoms with Crippen LogP contribution in [0.5, 0.6) is 0 Å². The van der Waals surface area contributed by atoms with E-state index in [9.17, 15) is 19.8 Å². The number of unbranched alkanes of at least 4 members (excludes halogenated alkanes) is 41. The summed E-state index contributed by atoms with van der Waals surface area (Å²) in [6.45, 7) is 4.89. The fraction of sp³-hybridized carbons (Fsp3) is 0.931. The third-order valence-corrected chi connectivity index (χ3v) is 13.6. The van der Waals surface area contributed by atoms with Crippen LogP contribution >= 0.6 is 0 Å². The summed E-state index contributed by atoms with van der Waals surface area (Å²) in [6.07, 6.45) is 63.5. The Bertz CT molecular complexity index is 955. The standard InChI is InChI=1S/C58H113NO5/c1-3-5-7-9-11-13-15-17-19-21-22-23-24-26-27-29-31-34-38-42-46-50-56(61)55(54-60)59-57(62)51-47-43-39-35-33-37-41-45-49-53-64-58(63)52-48-44-40-36-32-30-28-25-20-18-16-14-12-10-8-6-4-2/h35,39,55-56,60-61H,3-34,36-38,40-54H2,1-2H3,(H,59,62)/b39-35-. The van der Waals surface area contributed by atoms with Crippen molar-refractivity contribution in [3.63, 3.8) is 0 Å². The summed E-state index contributed by atoms with van der Waals surface area (Å²) in [5.74, 6) is -0.122. The maximum Gasteiger partial charge on any atom is 0.305 e. The van der Waals surface area contributed by atoms with Gasteiger partial charge < -0.3 is 20.3 Å². The van der Waals surface area contributed by atoms with E-state index in [0.29, 0.717) is 25.9 Å². The van der Waals surface area contributed by atoms with Crippen LogP contribution < -0.4 is 5.32 Å². The number of ether oxygens (including phenoxy) is 1. The Morgan fingerprint density at radius 1 is 0.422 bits per heavy atom. The molecule has 0 saturated heterocycles. The van der Waals surface area contributed by atoms with Crippen molar-refractivity contribution in [1.82, 2.24) is 5.32 Å². The molecule has 0 fully saturated rings. The van der Waals surface area contributed by atoms with Gasteiger partial charge in [-0.3, -0.25) is 9.59 Å². The van der Waals surface area contributed by atoms with Gasteiger partial charge in [0.05, 0.1) is 25.4 Å². The molecule has 0 bridgehead atoms. The zero-order valence-electron chi connectivity index (χ0n) is 43.3. The fourth-order valence-electron chi connectivity index (χ4n) is 9.12. The number of hydrogen-bond acceptors (Lipinski definition) is 5. The molecule has 0 aromatic rings. The molecule has 6 nitrogen and oxygen atoms in total. The molecule has 0 aromatic heterocycles. The molecular formula is C58H113NO5. The Morgan fingerprint density at radius 3 is 1.14 bits per heavy atom. The van der Waals surface area contributed by atoms with E-state index in [1.165, 1.54) is 218 Å². The Hall–Kier alpha value is -1.40. The number of nitrogens with one attached hydrogen (secondary N) is 1. The summed E-state index contributed by atoms with van der Waals surface area (Å²) in [5.41, 5.74) is 0. The van der Waals surface area contributed by atoms with Crippen LogP contribution in [0.25, 0.3) is 0 Å². The van der Waals surface area contributed by atoms with E-state index in [4.69, 9.17) is 4.74 Å². The van der Waals surface area contributed by atoms with Crippen LogP contribution in [-0.4, -0.2) is 47.4 Å². The number of carbonyl (C=O) groups excluding carboxylic acids is 2. The average Bonchev–Trinajstić information content (AvgIpc) is 3.29. The molecule has 2 atom stereocenters. The van der Waals surface area contributed by atoms with E-state index < -0.39 is 12.1 Å². The van der Waals surface area contributed by atoms with E-state index in [1.54, 1.807) is 0 Å². The van der Waals surface area contributed by atoms with Gasteiger partial charge in [-0.05, 0) is 44.9 Å². The lowest BCUT2D eigenvalue weighted by Crippen LogP contribution is -2.45. The quantitative estimate of drug-likeness (QED) is 0.0321. The topological polar surface area (TPSA) is 95.9 Å². The Kier molecular flexibility index (Phi) is 53.0. The first-order valence-electron chi connectivity index (χ1n) is 28.9. The molecule has 0 aliphatic rings. The number of esters is 1. The van der Waals surface area contributed by atoms with Gasteiger partial charge in [0.25, 0.3) is 0 Å². The SMILES string of the molecule is CCCCCCCCCCCCCCCCCCCCCCCC(O)C(CO)NC(=O)CCC/C=C\CCCCCCOC(=O)CCCCCCCCCCCCCCCCCCC. The number of allylic oxidation sites excluding steroid dienone is 2. The molecule has 3 N–H and O–H groups in total. The van der Waals surface area contributed by atoms with Crippen LogP contribution in [0.4, 0.5) is 0 Å². The summed E-state index contributed by atoms with van der Waals surface area (Å²) in [5, 5.41) is 23.3. The first kappa shape index (κ1) is 62.6. The second kappa shape index (κ2) is 54.2. The Morgan fingerprint density at radius 2 is 0.750 bits per heavy atom. The molecule has 0 rings (SSSR count). The summed E-state index contributed by atoms with van der Waals surface area (Å²) < 4.78 is 5.46. The predicted molar refractivity (Wildman–Crippen MR) is 278 cm³/mol. The molecule has 0 spiro atoms. The molecule has 0 aromatic carbocycles. The largest absolute Gasteiger partial charge is 0.466 e. The minimum absolute atomic E-state index is 0.0306. The highest BCUT2D eigenvalue weighted by Gasteiger charge is 2.20. The van der Waals surface area contributed by atoms with Gasteiger partial charge in [-0.25, -0.2) is 0 Å². The number of carbonyl (C=O) groups is 2. The van der Waals surface area contributed by atoms with Crippen molar-refractivity contribution >= 4 is 11.9 Å². The van der Waals surface area contributed by atoms with Crippen LogP contribution in [-0.2, 0) is 14.3 Å². The number of hydrogen-bond donors (Lipinski definition) is 3.